The second-order valence-corrected chi connectivity index (χ2v) is 7.12. The molecular formula is C16H14Cl2N4O2S. The second kappa shape index (κ2) is 6.82. The van der Waals surface area contributed by atoms with Gasteiger partial charge in [-0.05, 0) is 23.9 Å². The van der Waals surface area contributed by atoms with Crippen molar-refractivity contribution < 1.29 is 9.59 Å². The van der Waals surface area contributed by atoms with E-state index in [9.17, 15) is 9.59 Å². The van der Waals surface area contributed by atoms with Crippen molar-refractivity contribution in [3.05, 3.63) is 39.6 Å². The molecule has 3 rings (SSSR count). The Bertz CT molecular complexity index is 923. The number of benzene rings is 1. The number of carbonyl (C=O) groups excluding carboxylic acids is 2. The van der Waals surface area contributed by atoms with Crippen molar-refractivity contribution >= 4 is 57.6 Å². The zero-order valence-electron chi connectivity index (χ0n) is 13.7. The van der Waals surface area contributed by atoms with E-state index in [1.54, 1.807) is 18.2 Å². The van der Waals surface area contributed by atoms with Crippen LogP contribution in [0.2, 0.25) is 10.0 Å². The Balaban J connectivity index is 2.17. The molecule has 0 bridgehead atoms. The topological polar surface area (TPSA) is 67.6 Å². The highest BCUT2D eigenvalue weighted by Crippen LogP contribution is 2.39. The third kappa shape index (κ3) is 3.19. The van der Waals surface area contributed by atoms with Gasteiger partial charge in [-0.25, -0.2) is 4.98 Å². The van der Waals surface area contributed by atoms with Crippen LogP contribution in [0.3, 0.4) is 0 Å². The number of hydrazone groups is 1. The number of anilines is 1. The van der Waals surface area contributed by atoms with Crippen LogP contribution in [0.15, 0.2) is 28.3 Å². The van der Waals surface area contributed by atoms with E-state index >= 15 is 0 Å². The number of nitrogens with zero attached hydrogens (tertiary/aromatic N) is 4. The van der Waals surface area contributed by atoms with Gasteiger partial charge in [0.25, 0.3) is 0 Å². The zero-order valence-corrected chi connectivity index (χ0v) is 16.0. The lowest BCUT2D eigenvalue weighted by molar-refractivity contribution is -0.116. The molecule has 2 aromatic rings. The first kappa shape index (κ1) is 18.0. The fourth-order valence-corrected chi connectivity index (χ4v) is 3.84. The number of amides is 1. The van der Waals surface area contributed by atoms with Crippen molar-refractivity contribution in [1.82, 2.24) is 9.55 Å². The largest absolute Gasteiger partial charge is 0.274 e. The minimum Gasteiger partial charge on any atom is -0.274 e. The number of aromatic nitrogens is 2. The standard InChI is InChI=1S/C16H14Cl2N4O2S/c1-4-13-19-14-16(21(13)8(2)23)25-15(20-22(14)9(3)24)10-5-6-11(17)12(18)7-10/h5-7H,4H2,1-3H3. The zero-order chi connectivity index (χ0) is 18.3. The third-order valence-electron chi connectivity index (χ3n) is 3.57. The van der Waals surface area contributed by atoms with E-state index in [1.165, 1.54) is 35.2 Å². The Morgan fingerprint density at radius 3 is 2.44 bits per heavy atom. The van der Waals surface area contributed by atoms with Crippen LogP contribution in [0.25, 0.3) is 0 Å². The van der Waals surface area contributed by atoms with Crippen molar-refractivity contribution in [1.29, 1.82) is 0 Å². The molecule has 0 spiro atoms. The number of thioether (sulfide) groups is 1. The lowest BCUT2D eigenvalue weighted by Crippen LogP contribution is -2.28. The molecule has 0 N–H and O–H groups in total. The number of carbonyl (C=O) groups is 2. The summed E-state index contributed by atoms with van der Waals surface area (Å²) >= 11 is 13.3. The number of rotatable bonds is 2. The van der Waals surface area contributed by atoms with Gasteiger partial charge in [0.1, 0.15) is 15.9 Å². The number of hydrogen-bond donors (Lipinski definition) is 0. The number of fused-ring (bicyclic) bond motifs is 1. The van der Waals surface area contributed by atoms with E-state index in [4.69, 9.17) is 23.2 Å². The Labute approximate surface area is 158 Å². The summed E-state index contributed by atoms with van der Waals surface area (Å²) in [7, 11) is 0. The van der Waals surface area contributed by atoms with Gasteiger partial charge in [0.15, 0.2) is 5.82 Å². The first-order chi connectivity index (χ1) is 11.8. The molecule has 1 amide bonds. The van der Waals surface area contributed by atoms with E-state index in [1.807, 2.05) is 6.92 Å². The van der Waals surface area contributed by atoms with Crippen LogP contribution in [-0.2, 0) is 11.2 Å². The summed E-state index contributed by atoms with van der Waals surface area (Å²) in [5, 5.41) is 7.51. The monoisotopic (exact) mass is 396 g/mol. The average molecular weight is 397 g/mol. The molecule has 0 aliphatic carbocycles. The van der Waals surface area contributed by atoms with Gasteiger partial charge in [-0.1, -0.05) is 36.2 Å². The van der Waals surface area contributed by atoms with E-state index in [-0.39, 0.29) is 11.8 Å². The van der Waals surface area contributed by atoms with Gasteiger partial charge < -0.3 is 0 Å². The SMILES string of the molecule is CCc1nc2c(n1C(C)=O)SC(c1ccc(Cl)c(Cl)c1)=NN2C(C)=O. The van der Waals surface area contributed by atoms with Crippen molar-refractivity contribution in [2.75, 3.05) is 5.01 Å². The van der Waals surface area contributed by atoms with Crippen molar-refractivity contribution in [2.45, 2.75) is 32.2 Å². The van der Waals surface area contributed by atoms with E-state index in [2.05, 4.69) is 10.1 Å². The summed E-state index contributed by atoms with van der Waals surface area (Å²) in [6, 6.07) is 5.10. The number of hydrogen-bond acceptors (Lipinski definition) is 5. The molecule has 1 aromatic carbocycles. The maximum absolute atomic E-state index is 12.1. The molecule has 0 unspecified atom stereocenters. The molecule has 2 heterocycles. The summed E-state index contributed by atoms with van der Waals surface area (Å²) < 4.78 is 1.52. The number of halogens is 2. The molecule has 0 fully saturated rings. The summed E-state index contributed by atoms with van der Waals surface area (Å²) in [5.74, 6) is 0.488. The van der Waals surface area contributed by atoms with Gasteiger partial charge in [-0.15, -0.1) is 0 Å². The van der Waals surface area contributed by atoms with Gasteiger partial charge in [0.2, 0.25) is 11.8 Å². The molecule has 0 radical (unpaired) electrons. The quantitative estimate of drug-likeness (QED) is 0.761. The molecule has 0 saturated heterocycles. The Kier molecular flexibility index (Phi) is 4.90. The maximum atomic E-state index is 12.1. The summed E-state index contributed by atoms with van der Waals surface area (Å²) in [6.07, 6.45) is 0.557. The van der Waals surface area contributed by atoms with Gasteiger partial charge in [-0.2, -0.15) is 10.1 Å². The molecule has 1 aliphatic rings. The van der Waals surface area contributed by atoms with Crippen LogP contribution < -0.4 is 5.01 Å². The van der Waals surface area contributed by atoms with Crippen molar-refractivity contribution in [2.24, 2.45) is 5.10 Å². The molecular weight excluding hydrogens is 383 g/mol. The smallest absolute Gasteiger partial charge is 0.245 e. The summed E-state index contributed by atoms with van der Waals surface area (Å²) in [4.78, 5) is 28.6. The van der Waals surface area contributed by atoms with Gasteiger partial charge in [-0.3, -0.25) is 14.2 Å². The van der Waals surface area contributed by atoms with Crippen LogP contribution in [0.1, 0.15) is 37.0 Å². The Morgan fingerprint density at radius 2 is 1.88 bits per heavy atom. The maximum Gasteiger partial charge on any atom is 0.245 e. The number of aryl methyl sites for hydroxylation is 1. The molecule has 1 aromatic heterocycles. The van der Waals surface area contributed by atoms with Gasteiger partial charge in [0, 0.05) is 25.8 Å². The average Bonchev–Trinajstić information content (AvgIpc) is 2.94. The Hall–Kier alpha value is -1.83. The second-order valence-electron chi connectivity index (χ2n) is 5.33. The van der Waals surface area contributed by atoms with Gasteiger partial charge >= 0.3 is 0 Å². The molecule has 0 saturated carbocycles. The summed E-state index contributed by atoms with van der Waals surface area (Å²) in [5.41, 5.74) is 0.700. The van der Waals surface area contributed by atoms with E-state index in [0.717, 1.165) is 0 Å². The highest BCUT2D eigenvalue weighted by atomic mass is 35.5. The van der Waals surface area contributed by atoms with E-state index in [0.29, 0.717) is 43.7 Å². The fraction of sp³-hybridized carbons (Fsp3) is 0.250. The van der Waals surface area contributed by atoms with Crippen LogP contribution in [0.4, 0.5) is 5.82 Å². The lowest BCUT2D eigenvalue weighted by Gasteiger charge is -2.21. The van der Waals surface area contributed by atoms with Crippen LogP contribution >= 0.6 is 35.0 Å². The number of imidazole rings is 1. The van der Waals surface area contributed by atoms with Crippen molar-refractivity contribution in [3.8, 4) is 0 Å². The molecule has 25 heavy (non-hydrogen) atoms. The van der Waals surface area contributed by atoms with Gasteiger partial charge in [0.05, 0.1) is 10.0 Å². The highest BCUT2D eigenvalue weighted by Gasteiger charge is 2.31. The fourth-order valence-electron chi connectivity index (χ4n) is 2.44. The van der Waals surface area contributed by atoms with Crippen LogP contribution in [0.5, 0.6) is 0 Å². The minimum absolute atomic E-state index is 0.169. The molecule has 9 heteroatoms. The minimum atomic E-state index is -0.296. The predicted octanol–water partition coefficient (Wildman–Crippen LogP) is 4.23. The summed E-state index contributed by atoms with van der Waals surface area (Å²) in [6.45, 7) is 4.76. The lowest BCUT2D eigenvalue weighted by atomic mass is 10.2. The van der Waals surface area contributed by atoms with Crippen molar-refractivity contribution in [3.63, 3.8) is 0 Å². The first-order valence-corrected chi connectivity index (χ1v) is 9.05. The Morgan fingerprint density at radius 1 is 1.16 bits per heavy atom. The van der Waals surface area contributed by atoms with Crippen LogP contribution in [0, 0.1) is 0 Å². The van der Waals surface area contributed by atoms with E-state index < -0.39 is 0 Å². The molecule has 1 aliphatic heterocycles. The molecule has 130 valence electrons. The third-order valence-corrected chi connectivity index (χ3v) is 5.38. The molecule has 0 atom stereocenters. The highest BCUT2D eigenvalue weighted by molar-refractivity contribution is 8.14. The normalized spacial score (nSPS) is 13.5. The predicted molar refractivity (Wildman–Crippen MR) is 99.9 cm³/mol. The van der Waals surface area contributed by atoms with Crippen LogP contribution in [-0.4, -0.2) is 26.4 Å². The molecule has 6 nitrogen and oxygen atoms in total. The first-order valence-electron chi connectivity index (χ1n) is 7.48.